The van der Waals surface area contributed by atoms with Crippen LogP contribution in [0.4, 0.5) is 0 Å². The number of hydrogen-bond donors (Lipinski definition) is 1. The van der Waals surface area contributed by atoms with Gasteiger partial charge >= 0.3 is 27.7 Å². The number of aryl methyl sites for hydroxylation is 3. The van der Waals surface area contributed by atoms with Crippen LogP contribution in [0.3, 0.4) is 0 Å². The van der Waals surface area contributed by atoms with Crippen LogP contribution in [0.15, 0.2) is 206 Å². The molecular weight excluding hydrogens is 1510 g/mol. The van der Waals surface area contributed by atoms with Crippen LogP contribution in [0.2, 0.25) is 15.1 Å². The Kier molecular flexibility index (Phi) is 33.8. The Bertz CT molecular complexity index is 4680. The zero-order chi connectivity index (χ0) is 73.4. The van der Waals surface area contributed by atoms with Crippen molar-refractivity contribution in [1.29, 1.82) is 0 Å². The van der Waals surface area contributed by atoms with Crippen LogP contribution in [-0.4, -0.2) is 118 Å². The van der Waals surface area contributed by atoms with Crippen molar-refractivity contribution in [2.45, 2.75) is 60.8 Å². The molecule has 0 unspecified atom stereocenters. The Balaban J connectivity index is 0.000000246. The van der Waals surface area contributed by atoms with Gasteiger partial charge < -0.3 is 24.9 Å². The third kappa shape index (κ3) is 21.7. The van der Waals surface area contributed by atoms with E-state index in [0.717, 1.165) is 104 Å². The number of benzene rings is 6. The molecule has 0 amide bonds. The quantitative estimate of drug-likeness (QED) is 0.0469. The number of halogens is 4. The van der Waals surface area contributed by atoms with E-state index < -0.39 is 0 Å². The first-order chi connectivity index (χ1) is 48.4. The molecule has 0 spiro atoms. The summed E-state index contributed by atoms with van der Waals surface area (Å²) in [7, 11) is 8.34. The molecule has 6 aromatic heterocycles. The van der Waals surface area contributed by atoms with Gasteiger partial charge in [-0.3, -0.25) is 63.4 Å². The molecule has 516 valence electrons. The standard InChI is InChI=1S/C26H25ClN3O.C25H22ClN3O.C19H19ClN2O.C6H7NO.3CHO.ClH.Re/c1-18-7-12-25-24(16-18)23(13-15-29(3)17-22-6-4-5-14-28-22)19(2)30(25)26(31)20-8-10-21(27)11-9-20;1-17-6-11-24-23(15-17)22(12-14-27-16-21-5-3-4-13-28-21)18(2)29(24)25(30)19-7-9-20(26)10-8-19;1-12-3-8-18-17(11-12)16(9-10-21)13(2)22(18)19(23)14-4-6-15(20)7-5-14;1-8-6-4-2-3-5-7-6;3*1-2;;/h4-12,14,16-17H,13,15H2,1-3H3;3-11,13,15-16H,12,14H2,1-2H3;3-8,11H,9-10,21H2,1-2H3;2-5H,1H3;3*1H;1H;/q+1;;;;3*-1;;+1/p-1. The molecule has 0 atom stereocenters. The number of likely N-dealkylation sites (N-methyl/N-ethyl adjacent to an activating group) is 1. The fourth-order valence-corrected chi connectivity index (χ4v) is 11.5. The number of carbonyl (C=O) groups is 3. The van der Waals surface area contributed by atoms with Gasteiger partial charge in [0.2, 0.25) is 5.88 Å². The molecule has 6 heterocycles. The van der Waals surface area contributed by atoms with E-state index in [4.69, 9.17) is 69.2 Å². The number of nitrogens with two attached hydrogens (primary N) is 1. The average Bonchev–Trinajstić information content (AvgIpc) is 1.63. The Morgan fingerprint density at radius 2 is 0.840 bits per heavy atom. The van der Waals surface area contributed by atoms with E-state index >= 15 is 0 Å². The summed E-state index contributed by atoms with van der Waals surface area (Å²) < 4.78 is 12.4. The first-order valence-electron chi connectivity index (χ1n) is 31.0. The van der Waals surface area contributed by atoms with Crippen molar-refractivity contribution in [1.82, 2.24) is 28.7 Å². The van der Waals surface area contributed by atoms with E-state index in [9.17, 15) is 14.4 Å². The molecule has 0 aliphatic carbocycles. The van der Waals surface area contributed by atoms with Crippen molar-refractivity contribution in [3.8, 4) is 5.88 Å². The molecular formula is C79H76Cl4N9O7Re-2. The molecule has 100 heavy (non-hydrogen) atoms. The predicted molar refractivity (Wildman–Crippen MR) is 402 cm³/mol. The first-order valence-corrected chi connectivity index (χ1v) is 35.5. The van der Waals surface area contributed by atoms with Gasteiger partial charge in [-0.15, -0.1) is 0 Å². The molecule has 0 radical (unpaired) electrons. The van der Waals surface area contributed by atoms with E-state index in [1.807, 2.05) is 117 Å². The number of hydrogen-bond acceptors (Lipinski definition) is 12. The van der Waals surface area contributed by atoms with Crippen LogP contribution in [0.5, 0.6) is 5.88 Å². The SMILES string of the molecule is COc1ccccn1.Cc1ccc2c(c1)c(CCN)c(C)n2C(=O)c1ccc(Cl)cc1.Cc1ccc2c(c1)c(CCN=Cc1ccccn1)c(C)n2C(=O)c1ccc(Cl)cc1.Cc1ccc2c(c1)c(CC[N+](C)=Cc1ccccn1)c(C)n2C(=O)c1ccc(Cl)cc1.[CH-]=O.[CH-]=O.[CH-]=O.[Cl][Re]. The number of nitrogens with zero attached hydrogens (tertiary/aromatic N) is 8. The van der Waals surface area contributed by atoms with Crippen molar-refractivity contribution in [2.75, 3.05) is 33.8 Å². The van der Waals surface area contributed by atoms with Gasteiger partial charge in [0.05, 0.1) is 29.4 Å². The number of pyridine rings is 3. The molecule has 6 aromatic carbocycles. The van der Waals surface area contributed by atoms with Crippen molar-refractivity contribution >= 4 is 128 Å². The molecule has 2 N–H and O–H groups in total. The Labute approximate surface area is 613 Å². The molecule has 12 aromatic rings. The van der Waals surface area contributed by atoms with Gasteiger partial charge in [-0.25, -0.2) is 9.56 Å². The monoisotopic (exact) mass is 1590 g/mol. The van der Waals surface area contributed by atoms with Gasteiger partial charge in [0, 0.05) is 109 Å². The van der Waals surface area contributed by atoms with Crippen molar-refractivity contribution in [3.05, 3.63) is 294 Å². The summed E-state index contributed by atoms with van der Waals surface area (Å²) in [5.74, 6) is 0.521. The summed E-state index contributed by atoms with van der Waals surface area (Å²) >= 11 is 19.1. The van der Waals surface area contributed by atoms with Crippen molar-refractivity contribution in [2.24, 2.45) is 10.7 Å². The Hall–Kier alpha value is -9.67. The second-order valence-corrected chi connectivity index (χ2v) is 23.6. The molecule has 12 rings (SSSR count). The fraction of sp³-hybridized carbons (Fsp3) is 0.177. The third-order valence-corrected chi connectivity index (χ3v) is 16.5. The Morgan fingerprint density at radius 1 is 0.490 bits per heavy atom. The number of methoxy groups -OCH3 is 1. The number of fused-ring (bicyclic) bond motifs is 3. The van der Waals surface area contributed by atoms with E-state index in [1.165, 1.54) is 34.9 Å². The van der Waals surface area contributed by atoms with Gasteiger partial charge in [-0.05, 0) is 217 Å². The summed E-state index contributed by atoms with van der Waals surface area (Å²) in [5.41, 5.74) is 22.1. The summed E-state index contributed by atoms with van der Waals surface area (Å²) in [6.07, 6.45) is 11.4. The van der Waals surface area contributed by atoms with Gasteiger partial charge in [-0.1, -0.05) is 87.9 Å². The maximum atomic E-state index is 13.4. The first kappa shape index (κ1) is 81.0. The van der Waals surface area contributed by atoms with Crippen LogP contribution in [0.1, 0.15) is 92.9 Å². The second kappa shape index (κ2) is 41.7. The van der Waals surface area contributed by atoms with Gasteiger partial charge in [-0.2, -0.15) is 0 Å². The normalized spacial score (nSPS) is 10.5. The maximum absolute atomic E-state index is 13.4. The predicted octanol–water partition coefficient (Wildman–Crippen LogP) is 16.0. The zero-order valence-electron chi connectivity index (χ0n) is 56.6. The van der Waals surface area contributed by atoms with E-state index in [0.29, 0.717) is 50.7 Å². The number of ether oxygens (including phenoxy) is 1. The Morgan fingerprint density at radius 3 is 1.17 bits per heavy atom. The van der Waals surface area contributed by atoms with Gasteiger partial charge in [0.15, 0.2) is 6.21 Å². The van der Waals surface area contributed by atoms with Gasteiger partial charge in [0.25, 0.3) is 17.7 Å². The van der Waals surface area contributed by atoms with Gasteiger partial charge in [0.1, 0.15) is 19.3 Å². The minimum atomic E-state index is -0.0544. The summed E-state index contributed by atoms with van der Waals surface area (Å²) in [4.78, 5) is 79.9. The van der Waals surface area contributed by atoms with Crippen LogP contribution >= 0.6 is 44.3 Å². The van der Waals surface area contributed by atoms with Crippen molar-refractivity contribution < 1.29 is 56.3 Å². The second-order valence-electron chi connectivity index (χ2n) is 22.3. The fourth-order valence-electron chi connectivity index (χ4n) is 11.1. The summed E-state index contributed by atoms with van der Waals surface area (Å²) in [6.45, 7) is 24.0. The van der Waals surface area contributed by atoms with E-state index in [2.05, 4.69) is 89.9 Å². The minimum absolute atomic E-state index is 0.0392. The number of aliphatic imine (C=N–C) groups is 1. The molecule has 0 bridgehead atoms. The van der Waals surface area contributed by atoms with Crippen LogP contribution in [0, 0.1) is 41.5 Å². The molecule has 0 aliphatic heterocycles. The summed E-state index contributed by atoms with van der Waals surface area (Å²) in [6, 6.07) is 56.9. The number of carbonyl (C=O) groups excluding carboxylic acids is 6. The van der Waals surface area contributed by atoms with Crippen molar-refractivity contribution in [3.63, 3.8) is 0 Å². The molecule has 0 aliphatic rings. The molecule has 0 saturated heterocycles. The summed E-state index contributed by atoms with van der Waals surface area (Å²) in [5, 5.41) is 5.19. The molecule has 0 saturated carbocycles. The third-order valence-electron chi connectivity index (χ3n) is 15.8. The number of aromatic nitrogens is 6. The zero-order valence-corrected chi connectivity index (χ0v) is 62.3. The average molecular weight is 1590 g/mol. The van der Waals surface area contributed by atoms with Crippen LogP contribution < -0.4 is 10.5 Å². The molecule has 21 heteroatoms. The van der Waals surface area contributed by atoms with Crippen LogP contribution in [0.25, 0.3) is 32.7 Å². The topological polar surface area (TPSA) is 206 Å². The molecule has 16 nitrogen and oxygen atoms in total. The van der Waals surface area contributed by atoms with E-state index in [1.54, 1.807) is 120 Å². The van der Waals surface area contributed by atoms with Crippen LogP contribution in [-0.2, 0) is 51.8 Å². The molecule has 0 fully saturated rings. The van der Waals surface area contributed by atoms with E-state index in [-0.39, 0.29) is 17.7 Å². The number of rotatable bonds is 14.